The third-order valence-electron chi connectivity index (χ3n) is 9.68. The molecule has 0 bridgehead atoms. The lowest BCUT2D eigenvalue weighted by Gasteiger charge is -2.29. The van der Waals surface area contributed by atoms with Crippen molar-refractivity contribution in [2.24, 2.45) is 0 Å². The molecule has 7 aromatic rings. The second-order valence-corrected chi connectivity index (χ2v) is 13.8. The molecule has 254 valence electrons. The summed E-state index contributed by atoms with van der Waals surface area (Å²) in [7, 11) is 0. The van der Waals surface area contributed by atoms with Gasteiger partial charge in [0.2, 0.25) is 0 Å². The molecule has 0 aliphatic heterocycles. The molecule has 0 atom stereocenters. The summed E-state index contributed by atoms with van der Waals surface area (Å²) in [6.45, 7) is 10.9. The summed E-state index contributed by atoms with van der Waals surface area (Å²) in [6, 6.07) is 61.5. The Balaban J connectivity index is 1.29. The molecule has 1 heteroatoms. The Morgan fingerprint density at radius 2 is 0.712 bits per heavy atom. The molecule has 0 spiro atoms. The molecule has 0 fully saturated rings. The molecule has 52 heavy (non-hydrogen) atoms. The highest BCUT2D eigenvalue weighted by Crippen LogP contribution is 2.40. The van der Waals surface area contributed by atoms with Crippen molar-refractivity contribution >= 4 is 40.4 Å². The van der Waals surface area contributed by atoms with Crippen molar-refractivity contribution in [1.29, 1.82) is 0 Å². The molecule has 0 radical (unpaired) electrons. The van der Waals surface area contributed by atoms with Crippen LogP contribution in [-0.4, -0.2) is 0 Å². The third kappa shape index (κ3) is 7.75. The molecule has 0 heterocycles. The van der Waals surface area contributed by atoms with E-state index in [2.05, 4.69) is 222 Å². The number of aryl methyl sites for hydroxylation is 5. The second-order valence-electron chi connectivity index (χ2n) is 13.8. The summed E-state index contributed by atoms with van der Waals surface area (Å²) in [5.74, 6) is 0. The van der Waals surface area contributed by atoms with Crippen molar-refractivity contribution in [2.75, 3.05) is 4.90 Å². The van der Waals surface area contributed by atoms with E-state index in [1.165, 1.54) is 66.9 Å². The van der Waals surface area contributed by atoms with Gasteiger partial charge in [0.25, 0.3) is 0 Å². The van der Waals surface area contributed by atoms with Crippen LogP contribution in [0.1, 0.15) is 61.2 Å². The zero-order valence-corrected chi connectivity index (χ0v) is 30.8. The van der Waals surface area contributed by atoms with Gasteiger partial charge in [0, 0.05) is 11.4 Å². The van der Waals surface area contributed by atoms with Gasteiger partial charge in [-0.3, -0.25) is 0 Å². The first-order chi connectivity index (χ1) is 25.3. The predicted molar refractivity (Wildman–Crippen MR) is 225 cm³/mol. The molecule has 7 aromatic carbocycles. The summed E-state index contributed by atoms with van der Waals surface area (Å²) >= 11 is 0. The van der Waals surface area contributed by atoms with Crippen molar-refractivity contribution in [3.63, 3.8) is 0 Å². The smallest absolute Gasteiger partial charge is 0.0520 e. The van der Waals surface area contributed by atoms with E-state index < -0.39 is 0 Å². The molecule has 0 unspecified atom stereocenters. The Labute approximate surface area is 309 Å². The molecule has 0 saturated heterocycles. The minimum atomic E-state index is 1.12. The maximum atomic E-state index is 2.40. The molecular formula is C51H45N. The van der Waals surface area contributed by atoms with Gasteiger partial charge in [0.05, 0.1) is 5.69 Å². The molecule has 0 amide bonds. The van der Waals surface area contributed by atoms with Gasteiger partial charge < -0.3 is 4.90 Å². The van der Waals surface area contributed by atoms with Crippen LogP contribution < -0.4 is 4.90 Å². The topological polar surface area (TPSA) is 3.24 Å². The average Bonchev–Trinajstić information content (AvgIpc) is 3.16. The number of hydrogen-bond acceptors (Lipinski definition) is 1. The first-order valence-corrected chi connectivity index (χ1v) is 18.1. The molecule has 0 aliphatic carbocycles. The van der Waals surface area contributed by atoms with Crippen LogP contribution in [0.15, 0.2) is 170 Å². The predicted octanol–water partition coefficient (Wildman–Crippen LogP) is 13.9. The Bertz CT molecular complexity index is 2160. The summed E-state index contributed by atoms with van der Waals surface area (Å²) in [5.41, 5.74) is 19.3. The van der Waals surface area contributed by atoms with Crippen LogP contribution in [0.4, 0.5) is 17.1 Å². The van der Waals surface area contributed by atoms with E-state index in [1.54, 1.807) is 0 Å². The lowest BCUT2D eigenvalue weighted by molar-refractivity contribution is 1.20. The Morgan fingerprint density at radius 3 is 1.08 bits per heavy atom. The lowest BCUT2D eigenvalue weighted by atomic mass is 9.94. The highest BCUT2D eigenvalue weighted by atomic mass is 15.1. The Kier molecular flexibility index (Phi) is 10.1. The number of rotatable bonds is 9. The maximum absolute atomic E-state index is 2.40. The van der Waals surface area contributed by atoms with E-state index >= 15 is 0 Å². The quantitative estimate of drug-likeness (QED) is 0.138. The van der Waals surface area contributed by atoms with E-state index in [9.17, 15) is 0 Å². The van der Waals surface area contributed by atoms with Crippen molar-refractivity contribution in [3.05, 3.63) is 231 Å². The lowest BCUT2D eigenvalue weighted by Crippen LogP contribution is -2.13. The van der Waals surface area contributed by atoms with E-state index in [0.29, 0.717) is 0 Å². The van der Waals surface area contributed by atoms with Gasteiger partial charge in [0.1, 0.15) is 0 Å². The largest absolute Gasteiger partial charge is 0.310 e. The van der Waals surface area contributed by atoms with E-state index in [1.807, 2.05) is 0 Å². The first kappa shape index (κ1) is 34.3. The monoisotopic (exact) mass is 671 g/mol. The average molecular weight is 672 g/mol. The van der Waals surface area contributed by atoms with Gasteiger partial charge in [-0.1, -0.05) is 162 Å². The van der Waals surface area contributed by atoms with Crippen molar-refractivity contribution in [1.82, 2.24) is 0 Å². The molecule has 0 saturated carbocycles. The van der Waals surface area contributed by atoms with Crippen LogP contribution in [0.25, 0.3) is 23.3 Å². The zero-order chi connectivity index (χ0) is 36.0. The summed E-state index contributed by atoms with van der Waals surface area (Å²) in [6.07, 6.45) is 4.60. The molecular weight excluding hydrogens is 627 g/mol. The van der Waals surface area contributed by atoms with Crippen LogP contribution in [0.5, 0.6) is 0 Å². The molecule has 0 aliphatic rings. The number of hydrogen-bond donors (Lipinski definition) is 0. The summed E-state index contributed by atoms with van der Waals surface area (Å²) in [4.78, 5) is 2.40. The highest BCUT2D eigenvalue weighted by Gasteiger charge is 2.18. The van der Waals surface area contributed by atoms with E-state index in [0.717, 1.165) is 22.5 Å². The SMILES string of the molecule is Cc1ccc(/C(=C/c2ccc(N(c3ccc(/C=C(\c4ccccc4)c4ccc(C)cc4)cc3)c3c(C)cc(C)cc3C)cc2)c2ccccc2)cc1. The van der Waals surface area contributed by atoms with Gasteiger partial charge in [-0.2, -0.15) is 0 Å². The highest BCUT2D eigenvalue weighted by molar-refractivity contribution is 5.93. The molecule has 0 N–H and O–H groups in total. The van der Waals surface area contributed by atoms with Gasteiger partial charge in [-0.15, -0.1) is 0 Å². The van der Waals surface area contributed by atoms with Crippen LogP contribution in [-0.2, 0) is 0 Å². The summed E-state index contributed by atoms with van der Waals surface area (Å²) < 4.78 is 0. The Morgan fingerprint density at radius 1 is 0.365 bits per heavy atom. The van der Waals surface area contributed by atoms with Gasteiger partial charge in [-0.05, 0) is 127 Å². The zero-order valence-electron chi connectivity index (χ0n) is 30.8. The Hall–Kier alpha value is -6.18. The van der Waals surface area contributed by atoms with Crippen molar-refractivity contribution < 1.29 is 0 Å². The maximum Gasteiger partial charge on any atom is 0.0520 e. The van der Waals surface area contributed by atoms with Crippen LogP contribution >= 0.6 is 0 Å². The minimum Gasteiger partial charge on any atom is -0.310 e. The fourth-order valence-corrected chi connectivity index (χ4v) is 7.07. The fourth-order valence-electron chi connectivity index (χ4n) is 7.07. The molecule has 7 rings (SSSR count). The van der Waals surface area contributed by atoms with Crippen LogP contribution in [0, 0.1) is 34.6 Å². The minimum absolute atomic E-state index is 1.12. The number of nitrogens with zero attached hydrogens (tertiary/aromatic N) is 1. The van der Waals surface area contributed by atoms with E-state index in [-0.39, 0.29) is 0 Å². The standard InChI is InChI=1S/C51H45N/c1-36-16-24-45(25-17-36)49(43-12-8-6-9-13-43)34-41-20-28-47(29-21-41)52(51-39(4)32-38(3)33-40(51)5)48-30-22-42(23-31-48)35-50(44-14-10-7-11-15-44)46-26-18-37(2)19-27-46/h6-35H,1-5H3/b49-34+,50-35+. The second kappa shape index (κ2) is 15.4. The van der Waals surface area contributed by atoms with Crippen molar-refractivity contribution in [3.8, 4) is 0 Å². The van der Waals surface area contributed by atoms with E-state index in [4.69, 9.17) is 0 Å². The van der Waals surface area contributed by atoms with Gasteiger partial charge in [-0.25, -0.2) is 0 Å². The van der Waals surface area contributed by atoms with Crippen LogP contribution in [0.2, 0.25) is 0 Å². The van der Waals surface area contributed by atoms with Crippen LogP contribution in [0.3, 0.4) is 0 Å². The molecule has 0 aromatic heterocycles. The first-order valence-electron chi connectivity index (χ1n) is 18.1. The molecule has 1 nitrogen and oxygen atoms in total. The van der Waals surface area contributed by atoms with Crippen molar-refractivity contribution in [2.45, 2.75) is 34.6 Å². The third-order valence-corrected chi connectivity index (χ3v) is 9.68. The van der Waals surface area contributed by atoms with Gasteiger partial charge >= 0.3 is 0 Å². The summed E-state index contributed by atoms with van der Waals surface area (Å²) in [5, 5.41) is 0. The normalized spacial score (nSPS) is 11.8. The number of benzene rings is 7. The number of anilines is 3. The van der Waals surface area contributed by atoms with Gasteiger partial charge in [0.15, 0.2) is 0 Å². The fraction of sp³-hybridized carbons (Fsp3) is 0.0980.